The quantitative estimate of drug-likeness (QED) is 0.829. The predicted molar refractivity (Wildman–Crippen MR) is 62.8 cm³/mol. The molecule has 6 heteroatoms. The molecule has 18 heavy (non-hydrogen) atoms. The maximum Gasteiger partial charge on any atom is 0.406 e. The third-order valence-electron chi connectivity index (χ3n) is 3.45. The van der Waals surface area contributed by atoms with Crippen LogP contribution in [0.3, 0.4) is 0 Å². The molecular weight excluding hydrogens is 245 g/mol. The zero-order valence-electron chi connectivity index (χ0n) is 10.7. The average Bonchev–Trinajstić information content (AvgIpc) is 2.73. The molecule has 2 N–H and O–H groups in total. The van der Waals surface area contributed by atoms with Crippen LogP contribution in [0.15, 0.2) is 0 Å². The van der Waals surface area contributed by atoms with Crippen LogP contribution in [-0.4, -0.2) is 36.6 Å². The van der Waals surface area contributed by atoms with Gasteiger partial charge in [0.1, 0.15) is 6.54 Å². The Balaban J connectivity index is 2.69. The van der Waals surface area contributed by atoms with E-state index in [1.807, 2.05) is 0 Å². The molecule has 0 spiro atoms. The highest BCUT2D eigenvalue weighted by molar-refractivity contribution is 5.79. The predicted octanol–water partition coefficient (Wildman–Crippen LogP) is 2.16. The average molecular weight is 266 g/mol. The zero-order chi connectivity index (χ0) is 13.8. The first-order chi connectivity index (χ1) is 8.39. The lowest BCUT2D eigenvalue weighted by atomic mass is 9.94. The number of hydrogen-bond donors (Lipinski definition) is 1. The van der Waals surface area contributed by atoms with E-state index >= 15 is 0 Å². The Morgan fingerprint density at radius 2 is 2.06 bits per heavy atom. The monoisotopic (exact) mass is 266 g/mol. The van der Waals surface area contributed by atoms with E-state index in [-0.39, 0.29) is 24.3 Å². The molecule has 0 radical (unpaired) electrons. The van der Waals surface area contributed by atoms with Gasteiger partial charge in [0.2, 0.25) is 5.91 Å². The van der Waals surface area contributed by atoms with E-state index in [4.69, 9.17) is 5.73 Å². The van der Waals surface area contributed by atoms with Crippen LogP contribution in [0.25, 0.3) is 0 Å². The van der Waals surface area contributed by atoms with Crippen LogP contribution in [0.1, 0.15) is 32.6 Å². The minimum atomic E-state index is -4.33. The fourth-order valence-electron chi connectivity index (χ4n) is 2.63. The number of amides is 1. The third kappa shape index (κ3) is 4.15. The lowest BCUT2D eigenvalue weighted by molar-refractivity contribution is -0.164. The number of carbonyl (C=O) groups is 1. The van der Waals surface area contributed by atoms with Crippen molar-refractivity contribution in [1.82, 2.24) is 4.90 Å². The molecule has 0 aliphatic heterocycles. The number of carbonyl (C=O) groups excluding carboxylic acids is 1. The summed E-state index contributed by atoms with van der Waals surface area (Å²) >= 11 is 0. The van der Waals surface area contributed by atoms with E-state index in [9.17, 15) is 18.0 Å². The maximum absolute atomic E-state index is 12.4. The van der Waals surface area contributed by atoms with Crippen LogP contribution in [0.2, 0.25) is 0 Å². The molecule has 1 aliphatic carbocycles. The molecule has 0 bridgehead atoms. The van der Waals surface area contributed by atoms with Gasteiger partial charge in [-0.2, -0.15) is 13.2 Å². The van der Waals surface area contributed by atoms with Gasteiger partial charge < -0.3 is 10.6 Å². The minimum absolute atomic E-state index is 0.0464. The summed E-state index contributed by atoms with van der Waals surface area (Å²) in [6.45, 7) is 1.16. The largest absolute Gasteiger partial charge is 0.406 e. The van der Waals surface area contributed by atoms with Gasteiger partial charge in [-0.05, 0) is 31.7 Å². The van der Waals surface area contributed by atoms with Crippen LogP contribution in [0.4, 0.5) is 13.2 Å². The van der Waals surface area contributed by atoms with Crippen LogP contribution in [-0.2, 0) is 4.79 Å². The third-order valence-corrected chi connectivity index (χ3v) is 3.45. The summed E-state index contributed by atoms with van der Waals surface area (Å²) in [6, 6.07) is 0. The summed E-state index contributed by atoms with van der Waals surface area (Å²) in [5, 5.41) is 0. The maximum atomic E-state index is 12.4. The molecule has 1 amide bonds. The van der Waals surface area contributed by atoms with Gasteiger partial charge in [-0.1, -0.05) is 13.3 Å². The number of nitrogens with two attached hydrogens (primary N) is 1. The number of halogens is 3. The minimum Gasteiger partial charge on any atom is -0.333 e. The molecule has 0 heterocycles. The van der Waals surface area contributed by atoms with Crippen LogP contribution >= 0.6 is 0 Å². The molecule has 0 saturated heterocycles. The van der Waals surface area contributed by atoms with E-state index in [2.05, 4.69) is 0 Å². The van der Waals surface area contributed by atoms with Gasteiger partial charge in [0.05, 0.1) is 0 Å². The van der Waals surface area contributed by atoms with E-state index in [0.717, 1.165) is 17.7 Å². The molecule has 3 nitrogen and oxygen atoms in total. The summed E-state index contributed by atoms with van der Waals surface area (Å²) in [6.07, 6.45) is -1.41. The zero-order valence-corrected chi connectivity index (χ0v) is 10.7. The Kier molecular flexibility index (Phi) is 5.44. The summed E-state index contributed by atoms with van der Waals surface area (Å²) in [5.74, 6) is -0.642. The van der Waals surface area contributed by atoms with Crippen molar-refractivity contribution in [2.75, 3.05) is 19.6 Å². The van der Waals surface area contributed by atoms with Crippen molar-refractivity contribution in [2.24, 2.45) is 17.6 Å². The number of rotatable bonds is 5. The van der Waals surface area contributed by atoms with E-state index in [0.29, 0.717) is 19.4 Å². The van der Waals surface area contributed by atoms with Gasteiger partial charge in [-0.15, -0.1) is 0 Å². The highest BCUT2D eigenvalue weighted by Crippen LogP contribution is 2.33. The summed E-state index contributed by atoms with van der Waals surface area (Å²) < 4.78 is 37.3. The Hall–Kier alpha value is -0.780. The Labute approximate surface area is 106 Å². The lowest BCUT2D eigenvalue weighted by Crippen LogP contribution is -2.44. The van der Waals surface area contributed by atoms with Crippen molar-refractivity contribution in [3.63, 3.8) is 0 Å². The normalized spacial score (nSPS) is 24.3. The lowest BCUT2D eigenvalue weighted by Gasteiger charge is -2.28. The highest BCUT2D eigenvalue weighted by Gasteiger charge is 2.38. The molecule has 0 aromatic rings. The standard InChI is InChI=1S/C12H21F3N2O/c1-2-6-17(8-12(13,14)15)11(18)10-5-3-4-9(10)7-16/h9-10H,2-8,16H2,1H3. The highest BCUT2D eigenvalue weighted by atomic mass is 19.4. The molecule has 1 aliphatic rings. The van der Waals surface area contributed by atoms with Crippen molar-refractivity contribution < 1.29 is 18.0 Å². The van der Waals surface area contributed by atoms with Gasteiger partial charge in [0, 0.05) is 12.5 Å². The molecular formula is C12H21F3N2O. The number of hydrogen-bond acceptors (Lipinski definition) is 2. The first-order valence-corrected chi connectivity index (χ1v) is 6.44. The second-order valence-electron chi connectivity index (χ2n) is 4.91. The first kappa shape index (κ1) is 15.3. The molecule has 0 aromatic carbocycles. The van der Waals surface area contributed by atoms with Gasteiger partial charge in [-0.25, -0.2) is 0 Å². The fourth-order valence-corrected chi connectivity index (χ4v) is 2.63. The first-order valence-electron chi connectivity index (χ1n) is 6.44. The molecule has 2 atom stereocenters. The van der Waals surface area contributed by atoms with Crippen molar-refractivity contribution in [2.45, 2.75) is 38.8 Å². The van der Waals surface area contributed by atoms with Crippen molar-refractivity contribution in [3.8, 4) is 0 Å². The molecule has 0 aromatic heterocycles. The molecule has 1 saturated carbocycles. The van der Waals surface area contributed by atoms with Crippen LogP contribution in [0, 0.1) is 11.8 Å². The van der Waals surface area contributed by atoms with E-state index in [1.54, 1.807) is 6.92 Å². The van der Waals surface area contributed by atoms with E-state index in [1.165, 1.54) is 0 Å². The van der Waals surface area contributed by atoms with Gasteiger partial charge in [0.25, 0.3) is 0 Å². The smallest absolute Gasteiger partial charge is 0.333 e. The SMILES string of the molecule is CCCN(CC(F)(F)F)C(=O)C1CCCC1CN. The molecule has 106 valence electrons. The van der Waals surface area contributed by atoms with Gasteiger partial charge >= 0.3 is 6.18 Å². The van der Waals surface area contributed by atoms with Crippen molar-refractivity contribution in [1.29, 1.82) is 0 Å². The van der Waals surface area contributed by atoms with Crippen LogP contribution < -0.4 is 5.73 Å². The Morgan fingerprint density at radius 3 is 2.56 bits per heavy atom. The number of alkyl halides is 3. The second-order valence-corrected chi connectivity index (χ2v) is 4.91. The summed E-state index contributed by atoms with van der Waals surface area (Å²) in [7, 11) is 0. The molecule has 2 unspecified atom stereocenters. The molecule has 1 fully saturated rings. The van der Waals surface area contributed by atoms with Crippen LogP contribution in [0.5, 0.6) is 0 Å². The van der Waals surface area contributed by atoms with E-state index < -0.39 is 12.7 Å². The van der Waals surface area contributed by atoms with Gasteiger partial charge in [-0.3, -0.25) is 4.79 Å². The number of nitrogens with zero attached hydrogens (tertiary/aromatic N) is 1. The summed E-state index contributed by atoms with van der Waals surface area (Å²) in [4.78, 5) is 13.1. The Morgan fingerprint density at radius 1 is 1.39 bits per heavy atom. The van der Waals surface area contributed by atoms with Crippen molar-refractivity contribution >= 4 is 5.91 Å². The summed E-state index contributed by atoms with van der Waals surface area (Å²) in [5.41, 5.74) is 5.57. The second kappa shape index (κ2) is 6.41. The fraction of sp³-hybridized carbons (Fsp3) is 0.917. The van der Waals surface area contributed by atoms with Crippen molar-refractivity contribution in [3.05, 3.63) is 0 Å². The van der Waals surface area contributed by atoms with Gasteiger partial charge in [0.15, 0.2) is 0 Å². The molecule has 1 rings (SSSR count). The topological polar surface area (TPSA) is 46.3 Å². The Bertz CT molecular complexity index is 281.